The molecular weight excluding hydrogens is 233 g/mol. The van der Waals surface area contributed by atoms with Gasteiger partial charge in [0.05, 0.1) is 0 Å². The highest BCUT2D eigenvalue weighted by Crippen LogP contribution is 2.15. The molecule has 0 fully saturated rings. The lowest BCUT2D eigenvalue weighted by atomic mass is 10.1. The molecule has 0 aliphatic heterocycles. The van der Waals surface area contributed by atoms with E-state index in [2.05, 4.69) is 0 Å². The molecule has 15 heavy (non-hydrogen) atoms. The van der Waals surface area contributed by atoms with E-state index in [0.29, 0.717) is 23.0 Å². The molecule has 0 saturated carbocycles. The van der Waals surface area contributed by atoms with Crippen LogP contribution in [0.3, 0.4) is 0 Å². The van der Waals surface area contributed by atoms with Gasteiger partial charge in [-0.15, -0.1) is 11.6 Å². The van der Waals surface area contributed by atoms with Crippen molar-refractivity contribution >= 4 is 29.1 Å². The lowest BCUT2D eigenvalue weighted by molar-refractivity contribution is 0.0803. The monoisotopic (exact) mass is 245 g/mol. The average Bonchev–Trinajstić information content (AvgIpc) is 2.15. The molecule has 0 N–H and O–H groups in total. The van der Waals surface area contributed by atoms with Gasteiger partial charge in [-0.3, -0.25) is 4.79 Å². The summed E-state index contributed by atoms with van der Waals surface area (Å²) in [6.07, 6.45) is 0. The maximum Gasteiger partial charge on any atom is 0.253 e. The number of hydrogen-bond donors (Lipinski definition) is 0. The summed E-state index contributed by atoms with van der Waals surface area (Å²) >= 11 is 11.4. The largest absolute Gasteiger partial charge is 0.341 e. The van der Waals surface area contributed by atoms with E-state index in [1.54, 1.807) is 18.0 Å². The molecule has 0 aliphatic carbocycles. The molecule has 0 aromatic heterocycles. The van der Waals surface area contributed by atoms with Crippen LogP contribution in [0.25, 0.3) is 0 Å². The number of nitrogens with zero attached hydrogens (tertiary/aromatic N) is 1. The molecule has 1 aromatic rings. The van der Waals surface area contributed by atoms with Crippen LogP contribution in [-0.4, -0.2) is 30.3 Å². The first-order chi connectivity index (χ1) is 7.04. The van der Waals surface area contributed by atoms with Crippen LogP contribution in [0.4, 0.5) is 0 Å². The van der Waals surface area contributed by atoms with Crippen molar-refractivity contribution < 1.29 is 4.79 Å². The zero-order chi connectivity index (χ0) is 11.4. The van der Waals surface area contributed by atoms with Crippen molar-refractivity contribution in [3.8, 4) is 0 Å². The smallest absolute Gasteiger partial charge is 0.253 e. The van der Waals surface area contributed by atoms with Crippen LogP contribution in [0.5, 0.6) is 0 Å². The Bertz CT molecular complexity index is 345. The third-order valence-electron chi connectivity index (χ3n) is 2.06. The van der Waals surface area contributed by atoms with Crippen LogP contribution in [0, 0.1) is 6.92 Å². The molecule has 1 aromatic carbocycles. The Kier molecular flexibility index (Phi) is 4.43. The van der Waals surface area contributed by atoms with E-state index in [9.17, 15) is 4.79 Å². The fourth-order valence-corrected chi connectivity index (χ4v) is 1.85. The van der Waals surface area contributed by atoms with E-state index in [-0.39, 0.29) is 5.91 Å². The topological polar surface area (TPSA) is 20.3 Å². The molecule has 1 rings (SSSR count). The zero-order valence-electron chi connectivity index (χ0n) is 8.76. The van der Waals surface area contributed by atoms with Crippen molar-refractivity contribution in [1.82, 2.24) is 4.90 Å². The van der Waals surface area contributed by atoms with Crippen LogP contribution >= 0.6 is 23.2 Å². The van der Waals surface area contributed by atoms with E-state index in [1.165, 1.54) is 0 Å². The Balaban J connectivity index is 2.90. The normalized spacial score (nSPS) is 10.1. The van der Waals surface area contributed by atoms with E-state index >= 15 is 0 Å². The van der Waals surface area contributed by atoms with Crippen molar-refractivity contribution in [2.75, 3.05) is 19.5 Å². The molecule has 0 atom stereocenters. The minimum absolute atomic E-state index is 0.0544. The highest BCUT2D eigenvalue weighted by atomic mass is 35.5. The van der Waals surface area contributed by atoms with E-state index in [0.717, 1.165) is 5.56 Å². The van der Waals surface area contributed by atoms with Gasteiger partial charge >= 0.3 is 0 Å². The lowest BCUT2D eigenvalue weighted by Gasteiger charge is -2.15. The minimum atomic E-state index is -0.0544. The Morgan fingerprint density at radius 3 is 2.60 bits per heavy atom. The molecule has 0 saturated heterocycles. The first-order valence-corrected chi connectivity index (χ1v) is 5.54. The maximum absolute atomic E-state index is 11.8. The van der Waals surface area contributed by atoms with Gasteiger partial charge in [0.25, 0.3) is 5.91 Å². The van der Waals surface area contributed by atoms with Crippen LogP contribution in [0.2, 0.25) is 5.02 Å². The molecule has 1 amide bonds. The van der Waals surface area contributed by atoms with Crippen LogP contribution in [0.1, 0.15) is 15.9 Å². The van der Waals surface area contributed by atoms with Crippen LogP contribution < -0.4 is 0 Å². The summed E-state index contributed by atoms with van der Waals surface area (Å²) < 4.78 is 0. The predicted octanol–water partition coefficient (Wildman–Crippen LogP) is 2.96. The second-order valence-electron chi connectivity index (χ2n) is 3.43. The fourth-order valence-electron chi connectivity index (χ4n) is 1.31. The summed E-state index contributed by atoms with van der Waals surface area (Å²) in [6, 6.07) is 5.31. The van der Waals surface area contributed by atoms with Crippen LogP contribution in [0.15, 0.2) is 18.2 Å². The van der Waals surface area contributed by atoms with E-state index in [1.807, 2.05) is 19.1 Å². The number of carbonyl (C=O) groups excluding carboxylic acids is 1. The van der Waals surface area contributed by atoms with E-state index in [4.69, 9.17) is 23.2 Å². The number of rotatable bonds is 3. The summed E-state index contributed by atoms with van der Waals surface area (Å²) in [7, 11) is 1.72. The second kappa shape index (κ2) is 5.38. The van der Waals surface area contributed by atoms with Crippen molar-refractivity contribution in [1.29, 1.82) is 0 Å². The van der Waals surface area contributed by atoms with Crippen molar-refractivity contribution in [3.05, 3.63) is 34.3 Å². The van der Waals surface area contributed by atoms with Gasteiger partial charge in [0, 0.05) is 30.1 Å². The number of benzene rings is 1. The first-order valence-electron chi connectivity index (χ1n) is 4.63. The lowest BCUT2D eigenvalue weighted by Crippen LogP contribution is -2.28. The minimum Gasteiger partial charge on any atom is -0.341 e. The third kappa shape index (κ3) is 3.40. The molecule has 0 spiro atoms. The molecule has 4 heteroatoms. The highest BCUT2D eigenvalue weighted by molar-refractivity contribution is 6.31. The Hall–Kier alpha value is -0.730. The molecule has 0 bridgehead atoms. The van der Waals surface area contributed by atoms with Gasteiger partial charge in [0.1, 0.15) is 0 Å². The molecule has 0 heterocycles. The fraction of sp³-hybridized carbons (Fsp3) is 0.364. The third-order valence-corrected chi connectivity index (χ3v) is 2.44. The van der Waals surface area contributed by atoms with Gasteiger partial charge in [-0.25, -0.2) is 0 Å². The van der Waals surface area contributed by atoms with Gasteiger partial charge in [0.15, 0.2) is 0 Å². The SMILES string of the molecule is Cc1cc(Cl)cc(C(=O)N(C)CCCl)c1. The summed E-state index contributed by atoms with van der Waals surface area (Å²) in [5.41, 5.74) is 1.58. The average molecular weight is 246 g/mol. The second-order valence-corrected chi connectivity index (χ2v) is 4.25. The summed E-state index contributed by atoms with van der Waals surface area (Å²) in [5.74, 6) is 0.378. The molecule has 82 valence electrons. The predicted molar refractivity (Wildman–Crippen MR) is 63.9 cm³/mol. The number of amides is 1. The molecular formula is C11H13Cl2NO. The molecule has 0 aliphatic rings. The van der Waals surface area contributed by atoms with Crippen molar-refractivity contribution in [2.24, 2.45) is 0 Å². The van der Waals surface area contributed by atoms with Gasteiger partial charge in [0.2, 0.25) is 0 Å². The van der Waals surface area contributed by atoms with Crippen molar-refractivity contribution in [2.45, 2.75) is 6.92 Å². The van der Waals surface area contributed by atoms with Crippen LogP contribution in [-0.2, 0) is 0 Å². The van der Waals surface area contributed by atoms with Gasteiger partial charge in [-0.1, -0.05) is 11.6 Å². The standard InChI is InChI=1S/C11H13Cl2NO/c1-8-5-9(7-10(13)6-8)11(15)14(2)4-3-12/h5-7H,3-4H2,1-2H3. The molecule has 2 nitrogen and oxygen atoms in total. The van der Waals surface area contributed by atoms with E-state index < -0.39 is 0 Å². The zero-order valence-corrected chi connectivity index (χ0v) is 10.3. The molecule has 0 radical (unpaired) electrons. The molecule has 0 unspecified atom stereocenters. The quantitative estimate of drug-likeness (QED) is 0.751. The Morgan fingerprint density at radius 1 is 1.40 bits per heavy atom. The number of carbonyl (C=O) groups is 1. The van der Waals surface area contributed by atoms with Gasteiger partial charge in [-0.05, 0) is 30.7 Å². The first kappa shape index (κ1) is 12.3. The number of halogens is 2. The summed E-state index contributed by atoms with van der Waals surface area (Å²) in [5, 5.41) is 0.581. The highest BCUT2D eigenvalue weighted by Gasteiger charge is 2.11. The number of alkyl halides is 1. The maximum atomic E-state index is 11.8. The Labute approximate surface area is 99.8 Å². The number of hydrogen-bond acceptors (Lipinski definition) is 1. The van der Waals surface area contributed by atoms with Gasteiger partial charge < -0.3 is 4.90 Å². The van der Waals surface area contributed by atoms with Gasteiger partial charge in [-0.2, -0.15) is 0 Å². The summed E-state index contributed by atoms with van der Waals surface area (Å²) in [4.78, 5) is 13.4. The Morgan fingerprint density at radius 2 is 2.07 bits per heavy atom. The van der Waals surface area contributed by atoms with Crippen molar-refractivity contribution in [3.63, 3.8) is 0 Å². The number of aryl methyl sites for hydroxylation is 1. The summed E-state index contributed by atoms with van der Waals surface area (Å²) in [6.45, 7) is 2.44.